The maximum atomic E-state index is 10.8. The van der Waals surface area contributed by atoms with Gasteiger partial charge in [0.15, 0.2) is 0 Å². The monoisotopic (exact) mass is 342 g/mol. The summed E-state index contributed by atoms with van der Waals surface area (Å²) in [4.78, 5) is 0. The Kier molecular flexibility index (Phi) is 5.08. The third-order valence-corrected chi connectivity index (χ3v) is 4.72. The van der Waals surface area contributed by atoms with Gasteiger partial charge in [-0.2, -0.15) is 5.10 Å². The molecule has 0 saturated heterocycles. The summed E-state index contributed by atoms with van der Waals surface area (Å²) in [6, 6.07) is 16.0. The van der Waals surface area contributed by atoms with Gasteiger partial charge in [-0.05, 0) is 35.7 Å². The van der Waals surface area contributed by atoms with E-state index in [1.165, 1.54) is 5.56 Å². The second kappa shape index (κ2) is 7.25. The molecule has 24 heavy (non-hydrogen) atoms. The van der Waals surface area contributed by atoms with E-state index < -0.39 is 11.1 Å². The molecular weight excluding hydrogens is 322 g/mol. The highest BCUT2D eigenvalue weighted by Crippen LogP contribution is 2.35. The van der Waals surface area contributed by atoms with Crippen LogP contribution in [0, 0.1) is 0 Å². The zero-order valence-corrected chi connectivity index (χ0v) is 14.3. The molecule has 6 heteroatoms. The van der Waals surface area contributed by atoms with Crippen molar-refractivity contribution in [1.29, 1.82) is 0 Å². The third-order valence-electron chi connectivity index (χ3n) is 4.15. The quantitative estimate of drug-likeness (QED) is 0.847. The number of hydrogen-bond acceptors (Lipinski definition) is 5. The molecule has 0 spiro atoms. The lowest BCUT2D eigenvalue weighted by Gasteiger charge is -2.24. The van der Waals surface area contributed by atoms with Gasteiger partial charge in [0.25, 0.3) is 0 Å². The van der Waals surface area contributed by atoms with Crippen molar-refractivity contribution in [3.05, 3.63) is 65.2 Å². The SMILES string of the molecule is CC1=NN(c2ccc(CS(=O)[O-])cc2)C(c2ccc(CN)cc2)C1. The Morgan fingerprint density at radius 3 is 2.38 bits per heavy atom. The highest BCUT2D eigenvalue weighted by molar-refractivity contribution is 7.78. The predicted molar refractivity (Wildman–Crippen MR) is 96.3 cm³/mol. The molecule has 1 heterocycles. The van der Waals surface area contributed by atoms with Crippen LogP contribution in [0.3, 0.4) is 0 Å². The minimum Gasteiger partial charge on any atom is -0.772 e. The summed E-state index contributed by atoms with van der Waals surface area (Å²) in [5, 5.41) is 6.66. The summed E-state index contributed by atoms with van der Waals surface area (Å²) >= 11 is -2.07. The molecule has 1 aliphatic rings. The maximum absolute atomic E-state index is 10.8. The van der Waals surface area contributed by atoms with Crippen molar-refractivity contribution in [2.45, 2.75) is 31.7 Å². The number of benzene rings is 2. The fourth-order valence-corrected chi connectivity index (χ4v) is 3.38. The van der Waals surface area contributed by atoms with Crippen LogP contribution >= 0.6 is 0 Å². The Balaban J connectivity index is 1.85. The molecule has 3 rings (SSSR count). The molecule has 0 aromatic heterocycles. The average Bonchev–Trinajstić information content (AvgIpc) is 2.97. The lowest BCUT2D eigenvalue weighted by molar-refractivity contribution is 0.536. The van der Waals surface area contributed by atoms with E-state index >= 15 is 0 Å². The molecule has 0 bridgehead atoms. The molecule has 0 saturated carbocycles. The van der Waals surface area contributed by atoms with Gasteiger partial charge >= 0.3 is 0 Å². The Morgan fingerprint density at radius 2 is 1.79 bits per heavy atom. The van der Waals surface area contributed by atoms with Crippen molar-refractivity contribution in [3.63, 3.8) is 0 Å². The van der Waals surface area contributed by atoms with Crippen LogP contribution in [0.5, 0.6) is 0 Å². The molecule has 0 amide bonds. The molecule has 126 valence electrons. The largest absolute Gasteiger partial charge is 0.772 e. The summed E-state index contributed by atoms with van der Waals surface area (Å²) in [6.07, 6.45) is 0.869. The van der Waals surface area contributed by atoms with Gasteiger partial charge < -0.3 is 10.3 Å². The first-order valence-corrected chi connectivity index (χ1v) is 9.08. The highest BCUT2D eigenvalue weighted by Gasteiger charge is 2.27. The fourth-order valence-electron chi connectivity index (χ4n) is 2.91. The van der Waals surface area contributed by atoms with Gasteiger partial charge in [0.05, 0.1) is 11.7 Å². The van der Waals surface area contributed by atoms with Gasteiger partial charge in [-0.1, -0.05) is 47.5 Å². The Bertz CT molecular complexity index is 757. The molecular formula is C18H20N3O2S-. The summed E-state index contributed by atoms with van der Waals surface area (Å²) < 4.78 is 21.6. The smallest absolute Gasteiger partial charge is 0.0828 e. The molecule has 2 N–H and O–H groups in total. The molecule has 0 aliphatic carbocycles. The van der Waals surface area contributed by atoms with Gasteiger partial charge in [-0.25, -0.2) is 0 Å². The number of rotatable bonds is 5. The maximum Gasteiger partial charge on any atom is 0.0828 e. The Hall–Kier alpha value is -2.02. The van der Waals surface area contributed by atoms with Gasteiger partial charge in [0, 0.05) is 24.4 Å². The third kappa shape index (κ3) is 3.72. The van der Waals surface area contributed by atoms with Gasteiger partial charge in [-0.15, -0.1) is 0 Å². The van der Waals surface area contributed by atoms with Crippen LogP contribution in [0.1, 0.15) is 36.1 Å². The second-order valence-electron chi connectivity index (χ2n) is 5.96. The summed E-state index contributed by atoms with van der Waals surface area (Å²) in [5.41, 5.74) is 10.8. The zero-order chi connectivity index (χ0) is 17.1. The van der Waals surface area contributed by atoms with Crippen molar-refractivity contribution in [3.8, 4) is 0 Å². The molecule has 2 atom stereocenters. The topological polar surface area (TPSA) is 81.8 Å². The Labute approximate surface area is 144 Å². The first kappa shape index (κ1) is 16.8. The van der Waals surface area contributed by atoms with Gasteiger partial charge in [0.2, 0.25) is 0 Å². The van der Waals surface area contributed by atoms with Gasteiger partial charge in [-0.3, -0.25) is 9.22 Å². The van der Waals surface area contributed by atoms with E-state index in [1.807, 2.05) is 48.3 Å². The standard InChI is InChI=1S/C18H21N3O2S/c1-13-10-18(16-6-2-14(11-19)3-7-16)21(20-13)17-8-4-15(5-9-17)12-24(22)23/h2-9,18H,10-12,19H2,1H3,(H,22,23)/p-1. The molecule has 2 aromatic rings. The Morgan fingerprint density at radius 1 is 1.17 bits per heavy atom. The van der Waals surface area contributed by atoms with E-state index in [-0.39, 0.29) is 11.8 Å². The molecule has 2 unspecified atom stereocenters. The number of hydrazone groups is 1. The van der Waals surface area contributed by atoms with E-state index in [2.05, 4.69) is 17.2 Å². The molecule has 0 fully saturated rings. The first-order valence-electron chi connectivity index (χ1n) is 7.84. The van der Waals surface area contributed by atoms with Crippen molar-refractivity contribution in [1.82, 2.24) is 0 Å². The van der Waals surface area contributed by atoms with Crippen LogP contribution in [0.25, 0.3) is 0 Å². The van der Waals surface area contributed by atoms with Crippen molar-refractivity contribution >= 4 is 22.5 Å². The van der Waals surface area contributed by atoms with Crippen LogP contribution in [0.4, 0.5) is 5.69 Å². The fraction of sp³-hybridized carbons (Fsp3) is 0.278. The highest BCUT2D eigenvalue weighted by atomic mass is 32.2. The minimum absolute atomic E-state index is 0.0343. The number of anilines is 1. The summed E-state index contributed by atoms with van der Waals surface area (Å²) in [5.74, 6) is 0.0343. The normalized spacial score (nSPS) is 18.5. The van der Waals surface area contributed by atoms with Crippen LogP contribution in [-0.2, 0) is 23.4 Å². The van der Waals surface area contributed by atoms with E-state index in [0.717, 1.165) is 28.9 Å². The predicted octanol–water partition coefficient (Wildman–Crippen LogP) is 2.85. The van der Waals surface area contributed by atoms with Crippen molar-refractivity contribution < 1.29 is 8.76 Å². The summed E-state index contributed by atoms with van der Waals surface area (Å²) in [6.45, 7) is 2.56. The second-order valence-corrected chi connectivity index (χ2v) is 6.86. The number of nitrogens with zero attached hydrogens (tertiary/aromatic N) is 2. The van der Waals surface area contributed by atoms with Crippen LogP contribution in [0.15, 0.2) is 53.6 Å². The van der Waals surface area contributed by atoms with Gasteiger partial charge in [0.1, 0.15) is 0 Å². The molecule has 1 aliphatic heterocycles. The lowest BCUT2D eigenvalue weighted by Crippen LogP contribution is -2.18. The number of hydrogen-bond donors (Lipinski definition) is 1. The van der Waals surface area contributed by atoms with E-state index in [0.29, 0.717) is 6.54 Å². The van der Waals surface area contributed by atoms with Crippen molar-refractivity contribution in [2.24, 2.45) is 10.8 Å². The molecule has 2 aromatic carbocycles. The zero-order valence-electron chi connectivity index (χ0n) is 13.5. The van der Waals surface area contributed by atoms with E-state index in [4.69, 9.17) is 5.73 Å². The van der Waals surface area contributed by atoms with Crippen molar-refractivity contribution in [2.75, 3.05) is 5.01 Å². The van der Waals surface area contributed by atoms with E-state index in [9.17, 15) is 8.76 Å². The summed E-state index contributed by atoms with van der Waals surface area (Å²) in [7, 11) is 0. The minimum atomic E-state index is -2.07. The average molecular weight is 342 g/mol. The van der Waals surface area contributed by atoms with Crippen LogP contribution in [0.2, 0.25) is 0 Å². The number of nitrogens with two attached hydrogens (primary N) is 1. The van der Waals surface area contributed by atoms with Crippen LogP contribution in [-0.4, -0.2) is 14.5 Å². The molecule has 5 nitrogen and oxygen atoms in total. The van der Waals surface area contributed by atoms with Crippen LogP contribution < -0.4 is 10.7 Å². The molecule has 0 radical (unpaired) electrons. The first-order chi connectivity index (χ1) is 11.6. The van der Waals surface area contributed by atoms with E-state index in [1.54, 1.807) is 0 Å². The lowest BCUT2D eigenvalue weighted by atomic mass is 10.0.